The summed E-state index contributed by atoms with van der Waals surface area (Å²) in [5, 5.41) is 8.25. The van der Waals surface area contributed by atoms with Crippen LogP contribution in [0.2, 0.25) is 0 Å². The minimum Gasteiger partial charge on any atom is -0.339 e. The Labute approximate surface area is 193 Å². The summed E-state index contributed by atoms with van der Waals surface area (Å²) in [4.78, 5) is 48.7. The van der Waals surface area contributed by atoms with Gasteiger partial charge in [-0.25, -0.2) is 14.8 Å². The molecule has 0 unspecified atom stereocenters. The number of hydrogen-bond donors (Lipinski definition) is 3. The van der Waals surface area contributed by atoms with Gasteiger partial charge in [-0.15, -0.1) is 0 Å². The molecular weight excluding hydrogens is 422 g/mol. The molecule has 0 bridgehead atoms. The lowest BCUT2D eigenvalue weighted by atomic mass is 10.1. The van der Waals surface area contributed by atoms with Gasteiger partial charge in [0.2, 0.25) is 17.8 Å². The Kier molecular flexibility index (Phi) is 8.56. The predicted octanol–water partition coefficient (Wildman–Crippen LogP) is 2.32. The van der Waals surface area contributed by atoms with E-state index >= 15 is 0 Å². The minimum absolute atomic E-state index is 0.00502. The van der Waals surface area contributed by atoms with Crippen LogP contribution in [0, 0.1) is 5.92 Å². The van der Waals surface area contributed by atoms with E-state index in [0.29, 0.717) is 49.9 Å². The quantitative estimate of drug-likeness (QED) is 0.564. The second-order valence-electron chi connectivity index (χ2n) is 8.27. The number of aromatic nitrogens is 2. The van der Waals surface area contributed by atoms with Crippen LogP contribution >= 0.6 is 0 Å². The fourth-order valence-electron chi connectivity index (χ4n) is 3.45. The van der Waals surface area contributed by atoms with Gasteiger partial charge in [0.1, 0.15) is 0 Å². The summed E-state index contributed by atoms with van der Waals surface area (Å²) in [6, 6.07) is 8.28. The van der Waals surface area contributed by atoms with Crippen molar-refractivity contribution in [1.29, 1.82) is 0 Å². The monoisotopic (exact) mass is 453 g/mol. The van der Waals surface area contributed by atoms with Crippen molar-refractivity contribution < 1.29 is 14.4 Å². The Bertz CT molecular complexity index is 927. The maximum atomic E-state index is 12.4. The maximum absolute atomic E-state index is 12.4. The summed E-state index contributed by atoms with van der Waals surface area (Å²) >= 11 is 0. The van der Waals surface area contributed by atoms with Crippen molar-refractivity contribution in [1.82, 2.24) is 20.2 Å². The first kappa shape index (κ1) is 24.0. The second-order valence-corrected chi connectivity index (χ2v) is 8.27. The minimum atomic E-state index is -0.384. The zero-order valence-corrected chi connectivity index (χ0v) is 19.1. The highest BCUT2D eigenvalue weighted by molar-refractivity contribution is 5.92. The number of piperazine rings is 1. The molecule has 0 radical (unpaired) electrons. The van der Waals surface area contributed by atoms with E-state index in [2.05, 4.69) is 30.8 Å². The van der Waals surface area contributed by atoms with Gasteiger partial charge in [0.15, 0.2) is 0 Å². The molecular formula is C23H31N7O3. The number of carbonyl (C=O) groups excluding carboxylic acids is 3. The molecule has 33 heavy (non-hydrogen) atoms. The SMILES string of the molecule is CC(C)CC(=O)Nc1ccc(NC(=O)NCCC(=O)N2CCN(c3ncccn3)CC2)cc1. The molecule has 2 heterocycles. The van der Waals surface area contributed by atoms with E-state index in [1.54, 1.807) is 47.6 Å². The fourth-order valence-corrected chi connectivity index (χ4v) is 3.45. The van der Waals surface area contributed by atoms with Crippen LogP contribution in [0.25, 0.3) is 0 Å². The maximum Gasteiger partial charge on any atom is 0.319 e. The zero-order chi connectivity index (χ0) is 23.6. The third-order valence-electron chi connectivity index (χ3n) is 5.11. The van der Waals surface area contributed by atoms with Crippen molar-refractivity contribution in [2.24, 2.45) is 5.92 Å². The number of carbonyl (C=O) groups is 3. The largest absolute Gasteiger partial charge is 0.339 e. The molecule has 1 aliphatic heterocycles. The predicted molar refractivity (Wildman–Crippen MR) is 127 cm³/mol. The average Bonchev–Trinajstić information content (AvgIpc) is 2.80. The molecule has 2 aromatic rings. The number of benzene rings is 1. The lowest BCUT2D eigenvalue weighted by Gasteiger charge is -2.34. The number of anilines is 3. The van der Waals surface area contributed by atoms with Gasteiger partial charge in [-0.3, -0.25) is 9.59 Å². The van der Waals surface area contributed by atoms with Crippen LogP contribution in [-0.2, 0) is 9.59 Å². The van der Waals surface area contributed by atoms with E-state index in [1.165, 1.54) is 0 Å². The summed E-state index contributed by atoms with van der Waals surface area (Å²) in [7, 11) is 0. The topological polar surface area (TPSA) is 120 Å². The number of hydrogen-bond acceptors (Lipinski definition) is 6. The fraction of sp³-hybridized carbons (Fsp3) is 0.435. The van der Waals surface area contributed by atoms with Crippen molar-refractivity contribution in [2.75, 3.05) is 48.3 Å². The Morgan fingerprint density at radius 1 is 0.939 bits per heavy atom. The number of nitrogens with zero attached hydrogens (tertiary/aromatic N) is 4. The number of rotatable bonds is 8. The molecule has 3 rings (SSSR count). The van der Waals surface area contributed by atoms with Crippen molar-refractivity contribution in [3.05, 3.63) is 42.7 Å². The zero-order valence-electron chi connectivity index (χ0n) is 19.1. The van der Waals surface area contributed by atoms with Gasteiger partial charge in [-0.05, 0) is 36.2 Å². The van der Waals surface area contributed by atoms with E-state index in [9.17, 15) is 14.4 Å². The molecule has 1 aromatic carbocycles. The summed E-state index contributed by atoms with van der Waals surface area (Å²) in [5.41, 5.74) is 1.27. The lowest BCUT2D eigenvalue weighted by Crippen LogP contribution is -2.49. The highest BCUT2D eigenvalue weighted by Crippen LogP contribution is 2.15. The average molecular weight is 454 g/mol. The Morgan fingerprint density at radius 2 is 1.55 bits per heavy atom. The van der Waals surface area contributed by atoms with Crippen molar-refractivity contribution in [3.63, 3.8) is 0 Å². The molecule has 0 saturated carbocycles. The molecule has 1 aliphatic rings. The normalized spacial score (nSPS) is 13.5. The molecule has 4 amide bonds. The summed E-state index contributed by atoms with van der Waals surface area (Å²) < 4.78 is 0. The van der Waals surface area contributed by atoms with Crippen LogP contribution in [0.3, 0.4) is 0 Å². The molecule has 10 nitrogen and oxygen atoms in total. The molecule has 1 aromatic heterocycles. The standard InChI is InChI=1S/C23H31N7O3/c1-17(2)16-20(31)27-18-4-6-19(7-5-18)28-23(33)26-11-8-21(32)29-12-14-30(15-13-29)22-24-9-3-10-25-22/h3-7,9-10,17H,8,11-16H2,1-2H3,(H,27,31)(H2,26,28,33). The van der Waals surface area contributed by atoms with E-state index in [4.69, 9.17) is 0 Å². The van der Waals surface area contributed by atoms with Gasteiger partial charge in [0.05, 0.1) is 0 Å². The molecule has 176 valence electrons. The molecule has 10 heteroatoms. The first-order valence-corrected chi connectivity index (χ1v) is 11.1. The molecule has 1 fully saturated rings. The van der Waals surface area contributed by atoms with Crippen molar-refractivity contribution in [3.8, 4) is 0 Å². The third kappa shape index (κ3) is 7.74. The highest BCUT2D eigenvalue weighted by Gasteiger charge is 2.22. The highest BCUT2D eigenvalue weighted by atomic mass is 16.2. The Hall–Kier alpha value is -3.69. The summed E-state index contributed by atoms with van der Waals surface area (Å²) in [6.45, 7) is 6.78. The van der Waals surface area contributed by atoms with Crippen molar-refractivity contribution >= 4 is 35.2 Å². The first-order valence-electron chi connectivity index (χ1n) is 11.1. The van der Waals surface area contributed by atoms with E-state index in [1.807, 2.05) is 13.8 Å². The van der Waals surface area contributed by atoms with Gasteiger partial charge in [0, 0.05) is 69.3 Å². The molecule has 0 spiro atoms. The Morgan fingerprint density at radius 3 is 2.15 bits per heavy atom. The first-order chi connectivity index (χ1) is 15.9. The van der Waals surface area contributed by atoms with Crippen LogP contribution < -0.4 is 20.9 Å². The van der Waals surface area contributed by atoms with Crippen LogP contribution in [-0.4, -0.2) is 65.4 Å². The molecule has 3 N–H and O–H groups in total. The van der Waals surface area contributed by atoms with Gasteiger partial charge in [-0.2, -0.15) is 0 Å². The van der Waals surface area contributed by atoms with Crippen LogP contribution in [0.5, 0.6) is 0 Å². The number of urea groups is 1. The molecule has 0 atom stereocenters. The molecule has 0 aliphatic carbocycles. The number of amides is 4. The van der Waals surface area contributed by atoms with E-state index in [-0.39, 0.29) is 36.7 Å². The summed E-state index contributed by atoms with van der Waals surface area (Å²) in [5.74, 6) is 0.928. The lowest BCUT2D eigenvalue weighted by molar-refractivity contribution is -0.131. The van der Waals surface area contributed by atoms with Gasteiger partial charge in [0.25, 0.3) is 0 Å². The van der Waals surface area contributed by atoms with Gasteiger partial charge < -0.3 is 25.8 Å². The molecule has 1 saturated heterocycles. The van der Waals surface area contributed by atoms with Gasteiger partial charge in [-0.1, -0.05) is 13.8 Å². The number of nitrogens with one attached hydrogen (secondary N) is 3. The second kappa shape index (κ2) is 11.8. The van der Waals surface area contributed by atoms with E-state index in [0.717, 1.165) is 0 Å². The van der Waals surface area contributed by atoms with E-state index < -0.39 is 0 Å². The Balaban J connectivity index is 1.34. The van der Waals surface area contributed by atoms with Crippen LogP contribution in [0.15, 0.2) is 42.7 Å². The third-order valence-corrected chi connectivity index (χ3v) is 5.11. The summed E-state index contributed by atoms with van der Waals surface area (Å²) in [6.07, 6.45) is 4.10. The van der Waals surface area contributed by atoms with Gasteiger partial charge >= 0.3 is 6.03 Å². The van der Waals surface area contributed by atoms with Crippen molar-refractivity contribution in [2.45, 2.75) is 26.7 Å². The smallest absolute Gasteiger partial charge is 0.319 e. The van der Waals surface area contributed by atoms with Crippen LogP contribution in [0.4, 0.5) is 22.1 Å². The van der Waals surface area contributed by atoms with Crippen LogP contribution in [0.1, 0.15) is 26.7 Å².